The highest BCUT2D eigenvalue weighted by atomic mass is 16.5. The summed E-state index contributed by atoms with van der Waals surface area (Å²) in [6, 6.07) is 1.75. The molecule has 2 heterocycles. The van der Waals surface area contributed by atoms with Gasteiger partial charge in [-0.1, -0.05) is 25.9 Å². The minimum absolute atomic E-state index is 0.0865. The fraction of sp³-hybridized carbons (Fsp3) is 0.632. The van der Waals surface area contributed by atoms with E-state index in [-0.39, 0.29) is 29.0 Å². The Bertz CT molecular complexity index is 881. The molecule has 2 fully saturated rings. The standard InChI is InChI=1S/C19H24N4O3/c1-11-5-16(22-26-11)23-10-20-15(21-23)8-14(24)7-12-6-13-9-19(12,4)17(25)18(13,2)3/h5,10,12-13H,6-9H2,1-4H3/t12?,13-,19-/m0/s1. The lowest BCUT2D eigenvalue weighted by Crippen LogP contribution is -2.41. The average Bonchev–Trinajstić information content (AvgIpc) is 3.29. The number of hydrogen-bond acceptors (Lipinski definition) is 6. The number of aryl methyl sites for hydroxylation is 1. The zero-order valence-electron chi connectivity index (χ0n) is 15.7. The van der Waals surface area contributed by atoms with Gasteiger partial charge < -0.3 is 4.52 Å². The Morgan fingerprint density at radius 1 is 1.38 bits per heavy atom. The smallest absolute Gasteiger partial charge is 0.198 e. The van der Waals surface area contributed by atoms with E-state index in [0.29, 0.717) is 35.5 Å². The largest absolute Gasteiger partial charge is 0.359 e. The third-order valence-corrected chi connectivity index (χ3v) is 6.48. The van der Waals surface area contributed by atoms with Crippen molar-refractivity contribution in [2.45, 2.75) is 53.4 Å². The van der Waals surface area contributed by atoms with Gasteiger partial charge in [-0.15, -0.1) is 5.10 Å². The third kappa shape index (κ3) is 2.52. The molecule has 4 rings (SSSR count). The van der Waals surface area contributed by atoms with Crippen LogP contribution in [-0.4, -0.2) is 31.5 Å². The summed E-state index contributed by atoms with van der Waals surface area (Å²) in [6.45, 7) is 7.94. The minimum atomic E-state index is -0.352. The number of carbonyl (C=O) groups is 2. The summed E-state index contributed by atoms with van der Waals surface area (Å²) in [7, 11) is 0. The van der Waals surface area contributed by atoms with Gasteiger partial charge in [-0.2, -0.15) is 4.68 Å². The number of Topliss-reactive ketones (excluding diaryl/α,β-unsaturated/α-hetero) is 2. The molecule has 0 aliphatic heterocycles. The molecule has 2 aliphatic rings. The first kappa shape index (κ1) is 17.1. The summed E-state index contributed by atoms with van der Waals surface area (Å²) in [4.78, 5) is 29.5. The highest BCUT2D eigenvalue weighted by Crippen LogP contribution is 2.63. The van der Waals surface area contributed by atoms with Gasteiger partial charge in [0.05, 0.1) is 6.42 Å². The molecule has 2 aromatic heterocycles. The Morgan fingerprint density at radius 2 is 2.15 bits per heavy atom. The molecule has 0 N–H and O–H groups in total. The molecule has 3 atom stereocenters. The third-order valence-electron chi connectivity index (χ3n) is 6.48. The van der Waals surface area contributed by atoms with E-state index in [1.54, 1.807) is 13.0 Å². The van der Waals surface area contributed by atoms with Crippen molar-refractivity contribution >= 4 is 11.6 Å². The van der Waals surface area contributed by atoms with Gasteiger partial charge in [0.2, 0.25) is 0 Å². The maximum absolute atomic E-state index is 12.8. The number of nitrogens with zero attached hydrogens (tertiary/aromatic N) is 4. The van der Waals surface area contributed by atoms with Gasteiger partial charge >= 0.3 is 0 Å². The zero-order chi connectivity index (χ0) is 18.7. The molecular weight excluding hydrogens is 332 g/mol. The monoisotopic (exact) mass is 356 g/mol. The fourth-order valence-corrected chi connectivity index (χ4v) is 4.90. The lowest BCUT2D eigenvalue weighted by atomic mass is 9.65. The van der Waals surface area contributed by atoms with Crippen LogP contribution in [0.5, 0.6) is 0 Å². The van der Waals surface area contributed by atoms with Crippen LogP contribution < -0.4 is 0 Å². The van der Waals surface area contributed by atoms with Crippen LogP contribution in [0.2, 0.25) is 0 Å². The summed E-state index contributed by atoms with van der Waals surface area (Å²) >= 11 is 0. The van der Waals surface area contributed by atoms with E-state index in [0.717, 1.165) is 12.8 Å². The Morgan fingerprint density at radius 3 is 2.77 bits per heavy atom. The van der Waals surface area contributed by atoms with Crippen LogP contribution in [0, 0.1) is 29.6 Å². The topological polar surface area (TPSA) is 90.9 Å². The van der Waals surface area contributed by atoms with Crippen LogP contribution in [0.4, 0.5) is 0 Å². The highest BCUT2D eigenvalue weighted by molar-refractivity contribution is 5.94. The first-order valence-corrected chi connectivity index (χ1v) is 9.11. The number of ketones is 2. The molecule has 2 bridgehead atoms. The number of fused-ring (bicyclic) bond motifs is 2. The van der Waals surface area contributed by atoms with Gasteiger partial charge in [0.1, 0.15) is 23.7 Å². The second-order valence-corrected chi connectivity index (χ2v) is 8.62. The predicted octanol–water partition coefficient (Wildman–Crippen LogP) is 2.71. The highest BCUT2D eigenvalue weighted by Gasteiger charge is 2.63. The SMILES string of the molecule is Cc1cc(-n2cnc(CC(=O)CC3C[C@H]4C[C@]3(C)C(=O)C4(C)C)n2)no1. The van der Waals surface area contributed by atoms with E-state index in [1.807, 2.05) is 20.8 Å². The summed E-state index contributed by atoms with van der Waals surface area (Å²) < 4.78 is 6.53. The second-order valence-electron chi connectivity index (χ2n) is 8.62. The van der Waals surface area contributed by atoms with Crippen LogP contribution >= 0.6 is 0 Å². The van der Waals surface area contributed by atoms with E-state index in [9.17, 15) is 9.59 Å². The summed E-state index contributed by atoms with van der Waals surface area (Å²) in [6.07, 6.45) is 4.01. The van der Waals surface area contributed by atoms with Gasteiger partial charge in [0, 0.05) is 23.3 Å². The zero-order valence-corrected chi connectivity index (χ0v) is 15.7. The van der Waals surface area contributed by atoms with E-state index in [2.05, 4.69) is 15.2 Å². The molecule has 2 aliphatic carbocycles. The van der Waals surface area contributed by atoms with Gasteiger partial charge in [-0.25, -0.2) is 4.98 Å². The molecule has 1 unspecified atom stereocenters. The molecule has 0 spiro atoms. The van der Waals surface area contributed by atoms with E-state index >= 15 is 0 Å². The Balaban J connectivity index is 1.41. The van der Waals surface area contributed by atoms with Crippen molar-refractivity contribution in [2.75, 3.05) is 0 Å². The second kappa shape index (κ2) is 5.59. The minimum Gasteiger partial charge on any atom is -0.359 e. The molecule has 7 nitrogen and oxygen atoms in total. The molecule has 26 heavy (non-hydrogen) atoms. The summed E-state index contributed by atoms with van der Waals surface area (Å²) in [5.41, 5.74) is -0.598. The van der Waals surface area contributed by atoms with Crippen molar-refractivity contribution in [3.05, 3.63) is 24.0 Å². The van der Waals surface area contributed by atoms with Crippen LogP contribution in [0.3, 0.4) is 0 Å². The van der Waals surface area contributed by atoms with Crippen molar-refractivity contribution in [1.29, 1.82) is 0 Å². The van der Waals surface area contributed by atoms with Gasteiger partial charge in [0.25, 0.3) is 0 Å². The van der Waals surface area contributed by atoms with Crippen LogP contribution in [0.25, 0.3) is 5.82 Å². The Hall–Kier alpha value is -2.31. The predicted molar refractivity (Wildman–Crippen MR) is 92.6 cm³/mol. The molecule has 138 valence electrons. The lowest BCUT2D eigenvalue weighted by Gasteiger charge is -2.37. The molecular formula is C19H24N4O3. The van der Waals surface area contributed by atoms with Crippen molar-refractivity contribution in [1.82, 2.24) is 19.9 Å². The van der Waals surface area contributed by atoms with Gasteiger partial charge in [0.15, 0.2) is 11.6 Å². The molecule has 0 aromatic carbocycles. The summed E-state index contributed by atoms with van der Waals surface area (Å²) in [5, 5.41) is 8.19. The fourth-order valence-electron chi connectivity index (χ4n) is 4.90. The number of carbonyl (C=O) groups excluding carboxylic acids is 2. The first-order chi connectivity index (χ1) is 12.2. The first-order valence-electron chi connectivity index (χ1n) is 9.11. The van der Waals surface area contributed by atoms with Crippen LogP contribution in [0.1, 0.15) is 51.6 Å². The quantitative estimate of drug-likeness (QED) is 0.818. The average molecular weight is 356 g/mol. The Labute approximate surface area is 152 Å². The molecule has 0 radical (unpaired) electrons. The summed E-state index contributed by atoms with van der Waals surface area (Å²) in [5.74, 6) is 2.64. The normalized spacial score (nSPS) is 29.5. The maximum Gasteiger partial charge on any atom is 0.198 e. The number of aromatic nitrogens is 4. The van der Waals surface area contributed by atoms with E-state index in [4.69, 9.17) is 4.52 Å². The van der Waals surface area contributed by atoms with Crippen molar-refractivity contribution in [2.24, 2.45) is 22.7 Å². The van der Waals surface area contributed by atoms with Gasteiger partial charge in [-0.3, -0.25) is 9.59 Å². The van der Waals surface area contributed by atoms with Gasteiger partial charge in [-0.05, 0) is 31.6 Å². The van der Waals surface area contributed by atoms with Crippen molar-refractivity contribution < 1.29 is 14.1 Å². The lowest BCUT2D eigenvalue weighted by molar-refractivity contribution is -0.138. The molecule has 0 saturated heterocycles. The Kier molecular flexibility index (Phi) is 3.68. The number of rotatable bonds is 5. The van der Waals surface area contributed by atoms with Crippen LogP contribution in [-0.2, 0) is 16.0 Å². The maximum atomic E-state index is 12.8. The molecule has 2 saturated carbocycles. The van der Waals surface area contributed by atoms with Crippen molar-refractivity contribution in [3.63, 3.8) is 0 Å². The number of hydrogen-bond donors (Lipinski definition) is 0. The molecule has 2 aromatic rings. The van der Waals surface area contributed by atoms with E-state index < -0.39 is 0 Å². The van der Waals surface area contributed by atoms with Crippen LogP contribution in [0.15, 0.2) is 16.9 Å². The molecule has 7 heteroatoms. The van der Waals surface area contributed by atoms with Crippen molar-refractivity contribution in [3.8, 4) is 5.82 Å². The van der Waals surface area contributed by atoms with E-state index in [1.165, 1.54) is 11.0 Å². The molecule has 0 amide bonds.